The molecule has 0 saturated carbocycles. The number of likely N-dealkylation sites (tertiary alicyclic amines) is 1. The van der Waals surface area contributed by atoms with E-state index in [1.807, 2.05) is 11.8 Å². The summed E-state index contributed by atoms with van der Waals surface area (Å²) >= 11 is 1.26. The van der Waals surface area contributed by atoms with E-state index in [1.54, 1.807) is 11.1 Å². The summed E-state index contributed by atoms with van der Waals surface area (Å²) in [7, 11) is 0. The van der Waals surface area contributed by atoms with Gasteiger partial charge in [0.15, 0.2) is 11.0 Å². The van der Waals surface area contributed by atoms with Crippen molar-refractivity contribution < 1.29 is 19.4 Å². The fraction of sp³-hybridized carbons (Fsp3) is 0.600. The van der Waals surface area contributed by atoms with Gasteiger partial charge < -0.3 is 25.4 Å². The number of amides is 2. The molecule has 0 radical (unpaired) electrons. The van der Waals surface area contributed by atoms with E-state index in [0.29, 0.717) is 67.5 Å². The summed E-state index contributed by atoms with van der Waals surface area (Å²) in [5, 5.41) is 12.7. The molecule has 2 atom stereocenters. The first-order valence-electron chi connectivity index (χ1n) is 10.9. The zero-order chi connectivity index (χ0) is 23.5. The van der Waals surface area contributed by atoms with Crippen molar-refractivity contribution in [2.24, 2.45) is 5.92 Å². The number of aliphatic hydroxyl groups is 1. The lowest BCUT2D eigenvalue weighted by Gasteiger charge is -2.33. The molecule has 2 aliphatic heterocycles. The monoisotopic (exact) mass is 476 g/mol. The molecular weight excluding hydrogens is 448 g/mol. The zero-order valence-corrected chi connectivity index (χ0v) is 19.4. The predicted molar refractivity (Wildman–Crippen MR) is 123 cm³/mol. The van der Waals surface area contributed by atoms with Crippen molar-refractivity contribution in [1.82, 2.24) is 24.8 Å². The Kier molecular flexibility index (Phi) is 7.00. The average molecular weight is 477 g/mol. The molecule has 178 valence electrons. The highest BCUT2D eigenvalue weighted by atomic mass is 32.1. The summed E-state index contributed by atoms with van der Waals surface area (Å²) in [6.07, 6.45) is 1.56. The van der Waals surface area contributed by atoms with Gasteiger partial charge in [-0.15, -0.1) is 0 Å². The number of anilines is 3. The number of thiazole rings is 1. The molecule has 0 aromatic carbocycles. The Morgan fingerprint density at radius 2 is 2.03 bits per heavy atom. The van der Waals surface area contributed by atoms with Gasteiger partial charge in [0.05, 0.1) is 30.3 Å². The maximum Gasteiger partial charge on any atom is 0.251 e. The minimum atomic E-state index is -1.04. The second-order valence-electron chi connectivity index (χ2n) is 8.23. The molecule has 2 aromatic rings. The van der Waals surface area contributed by atoms with Gasteiger partial charge in [0, 0.05) is 25.6 Å². The number of carbonyl (C=O) groups is 2. The van der Waals surface area contributed by atoms with Gasteiger partial charge in [0.2, 0.25) is 17.8 Å². The largest absolute Gasteiger partial charge is 0.384 e. The van der Waals surface area contributed by atoms with Gasteiger partial charge in [-0.1, -0.05) is 11.3 Å². The standard InChI is InChI=1S/C20H28N8O4S/c1-11-10-32-8-7-28(11)20-24-15(14-9-22-18(21)33-14)23-19(26-20)25-16(30)13-3-5-27(6-4-13)17(31)12(2)29/h9,11-13,29H,3-8,10H2,1-2H3,(H2,21,22)(H,23,24,25,26,30). The molecule has 2 aromatic heterocycles. The van der Waals surface area contributed by atoms with Gasteiger partial charge in [-0.2, -0.15) is 15.0 Å². The molecular formula is C20H28N8O4S. The lowest BCUT2D eigenvalue weighted by Crippen LogP contribution is -2.45. The number of nitrogen functional groups attached to an aromatic ring is 1. The minimum Gasteiger partial charge on any atom is -0.384 e. The van der Waals surface area contributed by atoms with Gasteiger partial charge in [-0.05, 0) is 26.7 Å². The number of rotatable bonds is 5. The molecule has 2 aliphatic rings. The Balaban J connectivity index is 1.52. The van der Waals surface area contributed by atoms with E-state index in [1.165, 1.54) is 18.3 Å². The summed E-state index contributed by atoms with van der Waals surface area (Å²) in [4.78, 5) is 46.8. The Hall–Kier alpha value is -2.90. The van der Waals surface area contributed by atoms with Gasteiger partial charge in [-0.25, -0.2) is 4.98 Å². The summed E-state index contributed by atoms with van der Waals surface area (Å²) in [6.45, 7) is 6.04. The first-order valence-corrected chi connectivity index (χ1v) is 11.7. The molecule has 0 bridgehead atoms. The number of nitrogens with one attached hydrogen (secondary N) is 1. The van der Waals surface area contributed by atoms with E-state index >= 15 is 0 Å². The lowest BCUT2D eigenvalue weighted by molar-refractivity contribution is -0.141. The van der Waals surface area contributed by atoms with Crippen LogP contribution in [0.3, 0.4) is 0 Å². The average Bonchev–Trinajstić information content (AvgIpc) is 3.25. The number of aliphatic hydroxyl groups excluding tert-OH is 1. The number of nitrogens with zero attached hydrogens (tertiary/aromatic N) is 6. The van der Waals surface area contributed by atoms with Crippen LogP contribution in [0.25, 0.3) is 10.7 Å². The molecule has 0 spiro atoms. The van der Waals surface area contributed by atoms with Crippen molar-refractivity contribution >= 4 is 40.2 Å². The topological polar surface area (TPSA) is 160 Å². The third-order valence-corrected chi connectivity index (χ3v) is 6.58. The maximum absolute atomic E-state index is 13.0. The molecule has 2 unspecified atom stereocenters. The normalized spacial score (nSPS) is 20.5. The number of aromatic nitrogens is 4. The number of morpholine rings is 1. The molecule has 4 heterocycles. The fourth-order valence-corrected chi connectivity index (χ4v) is 4.53. The van der Waals surface area contributed by atoms with Crippen molar-refractivity contribution in [3.8, 4) is 10.7 Å². The minimum absolute atomic E-state index is 0.0693. The van der Waals surface area contributed by atoms with Crippen LogP contribution in [0.15, 0.2) is 6.20 Å². The van der Waals surface area contributed by atoms with Crippen LogP contribution in [0, 0.1) is 5.92 Å². The van der Waals surface area contributed by atoms with Crippen LogP contribution in [-0.2, 0) is 14.3 Å². The molecule has 2 amide bonds. The smallest absolute Gasteiger partial charge is 0.251 e. The van der Waals surface area contributed by atoms with Gasteiger partial charge in [0.1, 0.15) is 6.10 Å². The number of hydrogen-bond donors (Lipinski definition) is 3. The molecule has 4 rings (SSSR count). The van der Waals surface area contributed by atoms with E-state index < -0.39 is 6.10 Å². The summed E-state index contributed by atoms with van der Waals surface area (Å²) in [5.74, 6) is 0.197. The lowest BCUT2D eigenvalue weighted by atomic mass is 9.95. The molecule has 12 nitrogen and oxygen atoms in total. The van der Waals surface area contributed by atoms with Crippen LogP contribution >= 0.6 is 11.3 Å². The highest BCUT2D eigenvalue weighted by Crippen LogP contribution is 2.28. The number of ether oxygens (including phenoxy) is 1. The quantitative estimate of drug-likeness (QED) is 0.550. The second-order valence-corrected chi connectivity index (χ2v) is 9.29. The molecule has 4 N–H and O–H groups in total. The van der Waals surface area contributed by atoms with Gasteiger partial charge in [0.25, 0.3) is 5.91 Å². The summed E-state index contributed by atoms with van der Waals surface area (Å²) in [6, 6.07) is 0.0693. The number of piperidine rings is 1. The van der Waals surface area contributed by atoms with Gasteiger partial charge in [-0.3, -0.25) is 14.9 Å². The fourth-order valence-electron chi connectivity index (χ4n) is 3.91. The highest BCUT2D eigenvalue weighted by Gasteiger charge is 2.30. The maximum atomic E-state index is 13.0. The van der Waals surface area contributed by atoms with Crippen LogP contribution in [0.5, 0.6) is 0 Å². The van der Waals surface area contributed by atoms with E-state index in [-0.39, 0.29) is 29.7 Å². The van der Waals surface area contributed by atoms with Crippen molar-refractivity contribution in [2.45, 2.75) is 38.8 Å². The number of hydrogen-bond acceptors (Lipinski definition) is 11. The SMILES string of the molecule is CC(O)C(=O)N1CCC(C(=O)Nc2nc(-c3cnc(N)s3)nc(N3CCOCC3C)n2)CC1. The van der Waals surface area contributed by atoms with E-state index in [4.69, 9.17) is 10.5 Å². The Labute approximate surface area is 195 Å². The number of carbonyl (C=O) groups excluding carboxylic acids is 2. The predicted octanol–water partition coefficient (Wildman–Crippen LogP) is 0.360. The number of nitrogens with two attached hydrogens (primary N) is 1. The third kappa shape index (κ3) is 5.37. The van der Waals surface area contributed by atoms with Crippen LogP contribution in [0.1, 0.15) is 26.7 Å². The van der Waals surface area contributed by atoms with Gasteiger partial charge >= 0.3 is 0 Å². The van der Waals surface area contributed by atoms with Crippen molar-refractivity contribution in [3.63, 3.8) is 0 Å². The highest BCUT2D eigenvalue weighted by molar-refractivity contribution is 7.18. The first-order chi connectivity index (χ1) is 15.8. The Bertz CT molecular complexity index is 1010. The molecule has 33 heavy (non-hydrogen) atoms. The van der Waals surface area contributed by atoms with Crippen LogP contribution < -0.4 is 16.0 Å². The Morgan fingerprint density at radius 3 is 2.67 bits per heavy atom. The second kappa shape index (κ2) is 9.93. The molecule has 13 heteroatoms. The van der Waals surface area contributed by atoms with E-state index in [0.717, 1.165) is 0 Å². The Morgan fingerprint density at radius 1 is 1.27 bits per heavy atom. The molecule has 2 fully saturated rings. The summed E-state index contributed by atoms with van der Waals surface area (Å²) in [5.41, 5.74) is 5.78. The van der Waals surface area contributed by atoms with E-state index in [9.17, 15) is 14.7 Å². The molecule has 2 saturated heterocycles. The van der Waals surface area contributed by atoms with Crippen LogP contribution in [0.4, 0.5) is 17.0 Å². The van der Waals surface area contributed by atoms with E-state index in [2.05, 4.69) is 25.3 Å². The first kappa shape index (κ1) is 23.3. The van der Waals surface area contributed by atoms with Crippen LogP contribution in [-0.4, -0.2) is 86.8 Å². The van der Waals surface area contributed by atoms with Crippen molar-refractivity contribution in [2.75, 3.05) is 48.8 Å². The van der Waals surface area contributed by atoms with Crippen LogP contribution in [0.2, 0.25) is 0 Å². The molecule has 0 aliphatic carbocycles. The van der Waals surface area contributed by atoms with Crippen molar-refractivity contribution in [3.05, 3.63) is 6.20 Å². The van der Waals surface area contributed by atoms with Crippen molar-refractivity contribution in [1.29, 1.82) is 0 Å². The third-order valence-electron chi connectivity index (χ3n) is 5.76. The summed E-state index contributed by atoms with van der Waals surface area (Å²) < 4.78 is 5.52. The zero-order valence-electron chi connectivity index (χ0n) is 18.6.